The third-order valence-corrected chi connectivity index (χ3v) is 2.81. The molecule has 3 N–H and O–H groups in total. The van der Waals surface area contributed by atoms with Crippen molar-refractivity contribution < 1.29 is 19.1 Å². The Balaban J connectivity index is 2.78. The summed E-state index contributed by atoms with van der Waals surface area (Å²) in [6, 6.07) is 5.79. The molecule has 20 heavy (non-hydrogen) atoms. The number of nitrogens with one attached hydrogen (secondary N) is 1. The Labute approximate surface area is 118 Å². The van der Waals surface area contributed by atoms with Crippen molar-refractivity contribution >= 4 is 11.9 Å². The summed E-state index contributed by atoms with van der Waals surface area (Å²) >= 11 is 0. The van der Waals surface area contributed by atoms with E-state index < -0.39 is 24.0 Å². The van der Waals surface area contributed by atoms with Gasteiger partial charge in [-0.25, -0.2) is 4.79 Å². The topological polar surface area (TPSA) is 90.6 Å². The number of hydrogen-bond acceptors (Lipinski definition) is 5. The van der Waals surface area contributed by atoms with Crippen LogP contribution in [0.15, 0.2) is 24.3 Å². The fourth-order valence-corrected chi connectivity index (χ4v) is 1.64. The molecule has 0 aliphatic heterocycles. The molecular formula is C14H20N2O4. The molecule has 2 unspecified atom stereocenters. The Kier molecular flexibility index (Phi) is 5.99. The van der Waals surface area contributed by atoms with E-state index >= 15 is 0 Å². The molecule has 0 radical (unpaired) electrons. The minimum absolute atomic E-state index is 0.328. The number of esters is 1. The Morgan fingerprint density at radius 3 is 2.30 bits per heavy atom. The summed E-state index contributed by atoms with van der Waals surface area (Å²) in [5.41, 5.74) is 6.36. The first-order chi connectivity index (χ1) is 9.47. The molecule has 2 atom stereocenters. The third-order valence-electron chi connectivity index (χ3n) is 2.81. The molecule has 1 amide bonds. The molecule has 0 fully saturated rings. The van der Waals surface area contributed by atoms with Crippen LogP contribution in [-0.2, 0) is 20.7 Å². The fourth-order valence-electron chi connectivity index (χ4n) is 1.64. The standard InChI is InChI=1S/C14H20N2O4/c1-9(15)13(17)16-12(14(18)20-3)8-10-4-6-11(19-2)7-5-10/h4-7,9,12H,8,15H2,1-3H3,(H,16,17). The summed E-state index contributed by atoms with van der Waals surface area (Å²) in [6.45, 7) is 1.55. The van der Waals surface area contributed by atoms with E-state index in [2.05, 4.69) is 5.32 Å². The highest BCUT2D eigenvalue weighted by Gasteiger charge is 2.23. The molecule has 0 aliphatic carbocycles. The van der Waals surface area contributed by atoms with Crippen molar-refractivity contribution in [3.8, 4) is 5.75 Å². The smallest absolute Gasteiger partial charge is 0.328 e. The van der Waals surface area contributed by atoms with Crippen molar-refractivity contribution in [1.82, 2.24) is 5.32 Å². The number of rotatable bonds is 6. The number of carbonyl (C=O) groups excluding carboxylic acids is 2. The molecule has 0 spiro atoms. The highest BCUT2D eigenvalue weighted by atomic mass is 16.5. The second-order valence-corrected chi connectivity index (χ2v) is 4.43. The normalized spacial score (nSPS) is 13.2. The van der Waals surface area contributed by atoms with Gasteiger partial charge < -0.3 is 20.5 Å². The molecular weight excluding hydrogens is 260 g/mol. The minimum atomic E-state index is -0.758. The molecule has 0 aromatic heterocycles. The van der Waals surface area contributed by atoms with Crippen LogP contribution in [0.1, 0.15) is 12.5 Å². The van der Waals surface area contributed by atoms with Gasteiger partial charge in [-0.3, -0.25) is 4.79 Å². The van der Waals surface area contributed by atoms with E-state index in [0.29, 0.717) is 6.42 Å². The third kappa shape index (κ3) is 4.55. The Morgan fingerprint density at radius 1 is 1.25 bits per heavy atom. The Morgan fingerprint density at radius 2 is 1.85 bits per heavy atom. The van der Waals surface area contributed by atoms with Crippen molar-refractivity contribution in [3.63, 3.8) is 0 Å². The van der Waals surface area contributed by atoms with Crippen LogP contribution in [0, 0.1) is 0 Å². The van der Waals surface area contributed by atoms with Crippen LogP contribution in [0.5, 0.6) is 5.75 Å². The lowest BCUT2D eigenvalue weighted by atomic mass is 10.1. The van der Waals surface area contributed by atoms with Gasteiger partial charge in [0.2, 0.25) is 5.91 Å². The molecule has 6 heteroatoms. The lowest BCUT2D eigenvalue weighted by Crippen LogP contribution is -2.48. The van der Waals surface area contributed by atoms with Crippen molar-refractivity contribution in [3.05, 3.63) is 29.8 Å². The van der Waals surface area contributed by atoms with Crippen LogP contribution < -0.4 is 15.8 Å². The van der Waals surface area contributed by atoms with E-state index in [9.17, 15) is 9.59 Å². The van der Waals surface area contributed by atoms with Gasteiger partial charge >= 0.3 is 5.97 Å². The van der Waals surface area contributed by atoms with Crippen molar-refractivity contribution in [2.45, 2.75) is 25.4 Å². The van der Waals surface area contributed by atoms with Gasteiger partial charge in [0.25, 0.3) is 0 Å². The molecule has 0 saturated heterocycles. The number of carbonyl (C=O) groups is 2. The maximum Gasteiger partial charge on any atom is 0.328 e. The summed E-state index contributed by atoms with van der Waals surface area (Å²) in [7, 11) is 2.86. The fraction of sp³-hybridized carbons (Fsp3) is 0.429. The average Bonchev–Trinajstić information content (AvgIpc) is 2.46. The number of amides is 1. The summed E-state index contributed by atoms with van der Waals surface area (Å²) in [6.07, 6.45) is 0.328. The van der Waals surface area contributed by atoms with Gasteiger partial charge in [0.1, 0.15) is 11.8 Å². The Hall–Kier alpha value is -2.08. The zero-order valence-corrected chi connectivity index (χ0v) is 11.9. The maximum absolute atomic E-state index is 11.7. The van der Waals surface area contributed by atoms with Gasteiger partial charge in [-0.05, 0) is 24.6 Å². The van der Waals surface area contributed by atoms with E-state index in [4.69, 9.17) is 15.2 Å². The monoisotopic (exact) mass is 280 g/mol. The van der Waals surface area contributed by atoms with Crippen LogP contribution in [0.4, 0.5) is 0 Å². The largest absolute Gasteiger partial charge is 0.497 e. The first-order valence-corrected chi connectivity index (χ1v) is 6.24. The molecule has 1 aromatic rings. The van der Waals surface area contributed by atoms with Crippen molar-refractivity contribution in [1.29, 1.82) is 0 Å². The summed E-state index contributed by atoms with van der Waals surface area (Å²) in [5, 5.41) is 2.57. The predicted molar refractivity (Wildman–Crippen MR) is 74.3 cm³/mol. The molecule has 1 rings (SSSR count). The van der Waals surface area contributed by atoms with E-state index in [1.165, 1.54) is 7.11 Å². The van der Waals surface area contributed by atoms with Gasteiger partial charge in [-0.15, -0.1) is 0 Å². The number of ether oxygens (including phenoxy) is 2. The van der Waals surface area contributed by atoms with Crippen molar-refractivity contribution in [2.24, 2.45) is 5.73 Å². The van der Waals surface area contributed by atoms with Crippen molar-refractivity contribution in [2.75, 3.05) is 14.2 Å². The first kappa shape index (κ1) is 16.0. The van der Waals surface area contributed by atoms with Crippen LogP contribution in [0.2, 0.25) is 0 Å². The second kappa shape index (κ2) is 7.49. The minimum Gasteiger partial charge on any atom is -0.497 e. The number of methoxy groups -OCH3 is 2. The van der Waals surface area contributed by atoms with Crippen LogP contribution in [-0.4, -0.2) is 38.2 Å². The van der Waals surface area contributed by atoms with Crippen LogP contribution in [0.3, 0.4) is 0 Å². The lowest BCUT2D eigenvalue weighted by molar-refractivity contribution is -0.145. The predicted octanol–water partition coefficient (Wildman–Crippen LogP) is 0.243. The summed E-state index contributed by atoms with van der Waals surface area (Å²) in [4.78, 5) is 23.3. The highest BCUT2D eigenvalue weighted by molar-refractivity contribution is 5.87. The van der Waals surface area contributed by atoms with Gasteiger partial charge in [-0.1, -0.05) is 12.1 Å². The number of nitrogens with two attached hydrogens (primary N) is 1. The zero-order valence-electron chi connectivity index (χ0n) is 11.9. The van der Waals surface area contributed by atoms with Crippen LogP contribution in [0.25, 0.3) is 0 Å². The molecule has 0 heterocycles. The SMILES string of the molecule is COC(=O)C(Cc1ccc(OC)cc1)NC(=O)C(C)N. The number of hydrogen-bond donors (Lipinski definition) is 2. The van der Waals surface area contributed by atoms with Gasteiger partial charge in [0, 0.05) is 6.42 Å². The number of benzene rings is 1. The van der Waals surface area contributed by atoms with E-state index in [1.54, 1.807) is 26.2 Å². The van der Waals surface area contributed by atoms with E-state index in [0.717, 1.165) is 11.3 Å². The quantitative estimate of drug-likeness (QED) is 0.729. The Bertz CT molecular complexity index is 457. The summed E-state index contributed by atoms with van der Waals surface area (Å²) < 4.78 is 9.75. The summed E-state index contributed by atoms with van der Waals surface area (Å²) in [5.74, 6) is -0.174. The second-order valence-electron chi connectivity index (χ2n) is 4.43. The average molecular weight is 280 g/mol. The zero-order chi connectivity index (χ0) is 15.1. The highest BCUT2D eigenvalue weighted by Crippen LogP contribution is 2.13. The van der Waals surface area contributed by atoms with Gasteiger partial charge in [0.05, 0.1) is 20.3 Å². The van der Waals surface area contributed by atoms with Gasteiger partial charge in [-0.2, -0.15) is 0 Å². The van der Waals surface area contributed by atoms with Gasteiger partial charge in [0.15, 0.2) is 0 Å². The molecule has 0 bridgehead atoms. The van der Waals surface area contributed by atoms with Crippen LogP contribution >= 0.6 is 0 Å². The molecule has 6 nitrogen and oxygen atoms in total. The molecule has 0 aliphatic rings. The lowest BCUT2D eigenvalue weighted by Gasteiger charge is -2.18. The molecule has 110 valence electrons. The first-order valence-electron chi connectivity index (χ1n) is 6.24. The molecule has 1 aromatic carbocycles. The van der Waals surface area contributed by atoms with E-state index in [-0.39, 0.29) is 0 Å². The maximum atomic E-state index is 11.7. The van der Waals surface area contributed by atoms with E-state index in [1.807, 2.05) is 12.1 Å². The molecule has 0 saturated carbocycles.